The third-order valence-electron chi connectivity index (χ3n) is 3.37. The van der Waals surface area contributed by atoms with Crippen molar-refractivity contribution < 1.29 is 0 Å². The van der Waals surface area contributed by atoms with Gasteiger partial charge in [0.1, 0.15) is 5.82 Å². The normalized spacial score (nSPS) is 22.1. The number of likely N-dealkylation sites (N-methyl/N-ethyl adjacent to an activating group) is 2. The van der Waals surface area contributed by atoms with Gasteiger partial charge >= 0.3 is 0 Å². The summed E-state index contributed by atoms with van der Waals surface area (Å²) in [7, 11) is 4.40. The quantitative estimate of drug-likeness (QED) is 0.832. The Hall–Kier alpha value is -0.870. The van der Waals surface area contributed by atoms with Gasteiger partial charge in [0, 0.05) is 24.5 Å². The summed E-state index contributed by atoms with van der Waals surface area (Å²) in [5.74, 6) is 1.07. The van der Waals surface area contributed by atoms with Crippen LogP contribution >= 0.6 is 0 Å². The molecule has 90 valence electrons. The van der Waals surface area contributed by atoms with Gasteiger partial charge in [0.25, 0.3) is 0 Å². The molecular weight excluding hydrogens is 200 g/mol. The van der Waals surface area contributed by atoms with E-state index in [2.05, 4.69) is 33.9 Å². The minimum atomic E-state index is 0.723. The molecule has 1 saturated heterocycles. The van der Waals surface area contributed by atoms with Gasteiger partial charge in [-0.25, -0.2) is 4.98 Å². The van der Waals surface area contributed by atoms with Gasteiger partial charge in [0.15, 0.2) is 0 Å². The van der Waals surface area contributed by atoms with Crippen molar-refractivity contribution in [2.45, 2.75) is 32.4 Å². The first kappa shape index (κ1) is 11.6. The van der Waals surface area contributed by atoms with E-state index in [4.69, 9.17) is 0 Å². The third-order valence-corrected chi connectivity index (χ3v) is 3.37. The lowest BCUT2D eigenvalue weighted by Crippen LogP contribution is -2.36. The average molecular weight is 222 g/mol. The molecule has 1 aromatic heterocycles. The van der Waals surface area contributed by atoms with Crippen LogP contribution in [0.15, 0.2) is 6.20 Å². The molecule has 0 spiro atoms. The van der Waals surface area contributed by atoms with E-state index >= 15 is 0 Å². The van der Waals surface area contributed by atoms with Gasteiger partial charge in [-0.05, 0) is 40.4 Å². The number of aromatic nitrogens is 2. The van der Waals surface area contributed by atoms with Gasteiger partial charge in [-0.15, -0.1) is 0 Å². The van der Waals surface area contributed by atoms with E-state index in [1.54, 1.807) is 0 Å². The summed E-state index contributed by atoms with van der Waals surface area (Å²) in [6, 6.07) is 0.723. The Morgan fingerprint density at radius 2 is 2.44 bits per heavy atom. The summed E-state index contributed by atoms with van der Waals surface area (Å²) in [5.41, 5.74) is 1.14. The van der Waals surface area contributed by atoms with Crippen molar-refractivity contribution in [1.29, 1.82) is 0 Å². The molecule has 1 atom stereocenters. The number of aromatic amines is 1. The molecule has 1 N–H and O–H groups in total. The van der Waals surface area contributed by atoms with Crippen molar-refractivity contribution in [3.05, 3.63) is 17.7 Å². The van der Waals surface area contributed by atoms with Gasteiger partial charge < -0.3 is 9.88 Å². The van der Waals surface area contributed by atoms with E-state index in [1.807, 2.05) is 13.1 Å². The van der Waals surface area contributed by atoms with Gasteiger partial charge in [-0.1, -0.05) is 0 Å². The van der Waals surface area contributed by atoms with Crippen LogP contribution in [0.3, 0.4) is 0 Å². The second-order valence-electron chi connectivity index (χ2n) is 4.99. The Kier molecular flexibility index (Phi) is 3.61. The van der Waals surface area contributed by atoms with Crippen LogP contribution in [0.5, 0.6) is 0 Å². The van der Waals surface area contributed by atoms with E-state index in [1.165, 1.54) is 19.4 Å². The molecule has 1 aliphatic rings. The summed E-state index contributed by atoms with van der Waals surface area (Å²) in [5, 5.41) is 0. The zero-order valence-corrected chi connectivity index (χ0v) is 10.5. The topological polar surface area (TPSA) is 35.2 Å². The molecule has 2 rings (SSSR count). The second kappa shape index (κ2) is 4.97. The van der Waals surface area contributed by atoms with Gasteiger partial charge in [0.2, 0.25) is 0 Å². The van der Waals surface area contributed by atoms with E-state index < -0.39 is 0 Å². The number of rotatable bonds is 4. The SMILES string of the molecule is Cc1cnc(CN(C)C[C@H]2CCCN2C)[nH]1. The maximum absolute atomic E-state index is 4.34. The molecule has 1 aromatic rings. The molecule has 4 nitrogen and oxygen atoms in total. The molecule has 1 aliphatic heterocycles. The van der Waals surface area contributed by atoms with Crippen LogP contribution in [0, 0.1) is 6.92 Å². The minimum absolute atomic E-state index is 0.723. The number of likely N-dealkylation sites (tertiary alicyclic amines) is 1. The van der Waals surface area contributed by atoms with Gasteiger partial charge in [-0.2, -0.15) is 0 Å². The third kappa shape index (κ3) is 2.83. The number of aryl methyl sites for hydroxylation is 1. The number of hydrogen-bond acceptors (Lipinski definition) is 3. The zero-order valence-electron chi connectivity index (χ0n) is 10.5. The lowest BCUT2D eigenvalue weighted by molar-refractivity contribution is 0.213. The van der Waals surface area contributed by atoms with E-state index in [9.17, 15) is 0 Å². The largest absolute Gasteiger partial charge is 0.345 e. The second-order valence-corrected chi connectivity index (χ2v) is 4.99. The molecule has 0 unspecified atom stereocenters. The fraction of sp³-hybridized carbons (Fsp3) is 0.750. The summed E-state index contributed by atoms with van der Waals surface area (Å²) in [6.45, 7) is 5.34. The first-order chi connectivity index (χ1) is 7.65. The molecule has 4 heteroatoms. The molecule has 0 amide bonds. The molecule has 0 radical (unpaired) electrons. The molecule has 1 fully saturated rings. The summed E-state index contributed by atoms with van der Waals surface area (Å²) in [4.78, 5) is 12.4. The van der Waals surface area contributed by atoms with Gasteiger partial charge in [-0.3, -0.25) is 4.90 Å². The summed E-state index contributed by atoms with van der Waals surface area (Å²) in [6.07, 6.45) is 4.57. The fourth-order valence-corrected chi connectivity index (χ4v) is 2.44. The smallest absolute Gasteiger partial charge is 0.120 e. The molecule has 0 bridgehead atoms. The highest BCUT2D eigenvalue weighted by molar-refractivity contribution is 4.98. The first-order valence-electron chi connectivity index (χ1n) is 6.04. The monoisotopic (exact) mass is 222 g/mol. The highest BCUT2D eigenvalue weighted by atomic mass is 15.2. The number of H-pyrrole nitrogens is 1. The van der Waals surface area contributed by atoms with E-state index in [-0.39, 0.29) is 0 Å². The lowest BCUT2D eigenvalue weighted by Gasteiger charge is -2.25. The van der Waals surface area contributed by atoms with Crippen LogP contribution in [0.4, 0.5) is 0 Å². The zero-order chi connectivity index (χ0) is 11.5. The van der Waals surface area contributed by atoms with Crippen LogP contribution in [0.25, 0.3) is 0 Å². The van der Waals surface area contributed by atoms with Crippen molar-refractivity contribution in [3.63, 3.8) is 0 Å². The van der Waals surface area contributed by atoms with E-state index in [0.29, 0.717) is 0 Å². The Bertz CT molecular complexity index is 334. The van der Waals surface area contributed by atoms with Crippen molar-refractivity contribution in [1.82, 2.24) is 19.8 Å². The van der Waals surface area contributed by atoms with Crippen molar-refractivity contribution >= 4 is 0 Å². The molecule has 0 saturated carbocycles. The van der Waals surface area contributed by atoms with Crippen molar-refractivity contribution in [2.24, 2.45) is 0 Å². The van der Waals surface area contributed by atoms with Gasteiger partial charge in [0.05, 0.1) is 6.54 Å². The number of nitrogens with zero attached hydrogens (tertiary/aromatic N) is 3. The Labute approximate surface area is 97.7 Å². The average Bonchev–Trinajstić information content (AvgIpc) is 2.77. The van der Waals surface area contributed by atoms with Crippen LogP contribution in [0.1, 0.15) is 24.4 Å². The molecule has 2 heterocycles. The Balaban J connectivity index is 1.82. The predicted octanol–water partition coefficient (Wildman–Crippen LogP) is 1.24. The number of nitrogens with one attached hydrogen (secondary N) is 1. The predicted molar refractivity (Wildman–Crippen MR) is 65.3 cm³/mol. The van der Waals surface area contributed by atoms with E-state index in [0.717, 1.165) is 30.6 Å². The molecule has 0 aromatic carbocycles. The van der Waals surface area contributed by atoms with Crippen molar-refractivity contribution in [2.75, 3.05) is 27.2 Å². The molecule has 16 heavy (non-hydrogen) atoms. The molecule has 0 aliphatic carbocycles. The highest BCUT2D eigenvalue weighted by Crippen LogP contribution is 2.15. The fourth-order valence-electron chi connectivity index (χ4n) is 2.44. The Morgan fingerprint density at radius 1 is 1.62 bits per heavy atom. The standard InChI is InChI=1S/C12H22N4/c1-10-7-13-12(14-10)9-15(2)8-11-5-4-6-16(11)3/h7,11H,4-6,8-9H2,1-3H3,(H,13,14)/t11-/m1/s1. The van der Waals surface area contributed by atoms with Crippen LogP contribution < -0.4 is 0 Å². The minimum Gasteiger partial charge on any atom is -0.345 e. The Morgan fingerprint density at radius 3 is 3.00 bits per heavy atom. The highest BCUT2D eigenvalue weighted by Gasteiger charge is 2.22. The first-order valence-corrected chi connectivity index (χ1v) is 6.04. The summed E-state index contributed by atoms with van der Waals surface area (Å²) >= 11 is 0. The number of imidazole rings is 1. The van der Waals surface area contributed by atoms with Crippen molar-refractivity contribution in [3.8, 4) is 0 Å². The van der Waals surface area contributed by atoms with Crippen LogP contribution in [-0.2, 0) is 6.54 Å². The lowest BCUT2D eigenvalue weighted by atomic mass is 10.2. The maximum Gasteiger partial charge on any atom is 0.120 e. The number of hydrogen-bond donors (Lipinski definition) is 1. The maximum atomic E-state index is 4.34. The molecular formula is C12H22N4. The van der Waals surface area contributed by atoms with Crippen LogP contribution in [-0.4, -0.2) is 53.0 Å². The summed E-state index contributed by atoms with van der Waals surface area (Å²) < 4.78 is 0. The van der Waals surface area contributed by atoms with Crippen LogP contribution in [0.2, 0.25) is 0 Å².